The molecule has 0 unspecified atom stereocenters. The van der Waals surface area contributed by atoms with Gasteiger partial charge in [-0.05, 0) is 24.3 Å². The fraction of sp³-hybridized carbons (Fsp3) is 0.154. The molecule has 0 aliphatic rings. The number of aromatic nitrogens is 4. The molecule has 108 valence electrons. The zero-order chi connectivity index (χ0) is 14.8. The smallest absolute Gasteiger partial charge is 0.263 e. The highest BCUT2D eigenvalue weighted by Gasteiger charge is 2.15. The maximum atomic E-state index is 5.88. The highest BCUT2D eigenvalue weighted by atomic mass is 35.5. The van der Waals surface area contributed by atoms with Crippen LogP contribution in [-0.2, 0) is 12.8 Å². The molecule has 0 spiro atoms. The Morgan fingerprint density at radius 2 is 2.10 bits per heavy atom. The number of halogens is 1. The number of benzene rings is 1. The van der Waals surface area contributed by atoms with Crippen molar-refractivity contribution >= 4 is 29.2 Å². The Morgan fingerprint density at radius 1 is 1.33 bits per heavy atom. The van der Waals surface area contributed by atoms with Crippen LogP contribution in [0.5, 0.6) is 0 Å². The molecule has 0 atom stereocenters. The van der Waals surface area contributed by atoms with Gasteiger partial charge in [0.25, 0.3) is 5.89 Å². The summed E-state index contributed by atoms with van der Waals surface area (Å²) in [6.07, 6.45) is 1.61. The van der Waals surface area contributed by atoms with Gasteiger partial charge in [0, 0.05) is 17.0 Å². The molecule has 3 aromatic rings. The quantitative estimate of drug-likeness (QED) is 0.744. The Balaban J connectivity index is 1.70. The van der Waals surface area contributed by atoms with Crippen molar-refractivity contribution in [3.05, 3.63) is 41.3 Å². The summed E-state index contributed by atoms with van der Waals surface area (Å²) >= 11 is 7.45. The first-order valence-electron chi connectivity index (χ1n) is 6.12. The molecule has 21 heavy (non-hydrogen) atoms. The van der Waals surface area contributed by atoms with E-state index >= 15 is 0 Å². The van der Waals surface area contributed by atoms with Gasteiger partial charge in [-0.3, -0.25) is 4.68 Å². The SMILES string of the molecule is Cn1ncc(-c2nc(CSc3ccc(Cl)cc3)no2)c1N. The lowest BCUT2D eigenvalue weighted by Gasteiger charge is -1.97. The summed E-state index contributed by atoms with van der Waals surface area (Å²) in [7, 11) is 1.76. The van der Waals surface area contributed by atoms with Gasteiger partial charge < -0.3 is 10.3 Å². The van der Waals surface area contributed by atoms with Crippen LogP contribution in [0.4, 0.5) is 5.82 Å². The van der Waals surface area contributed by atoms with Gasteiger partial charge >= 0.3 is 0 Å². The van der Waals surface area contributed by atoms with Crippen molar-refractivity contribution in [3.63, 3.8) is 0 Å². The van der Waals surface area contributed by atoms with E-state index in [1.165, 1.54) is 0 Å². The molecule has 0 amide bonds. The maximum Gasteiger partial charge on any atom is 0.263 e. The number of anilines is 1. The summed E-state index contributed by atoms with van der Waals surface area (Å²) in [5.41, 5.74) is 6.52. The standard InChI is InChI=1S/C13H12ClN5OS/c1-19-12(15)10(6-16-19)13-17-11(18-20-13)7-21-9-4-2-8(14)3-5-9/h2-6H,7,15H2,1H3. The predicted octanol–water partition coefficient (Wildman–Crippen LogP) is 3.00. The molecule has 6 nitrogen and oxygen atoms in total. The normalized spacial score (nSPS) is 11.0. The molecule has 0 radical (unpaired) electrons. The Morgan fingerprint density at radius 3 is 2.76 bits per heavy atom. The van der Waals surface area contributed by atoms with E-state index in [2.05, 4.69) is 15.2 Å². The van der Waals surface area contributed by atoms with Gasteiger partial charge in [0.1, 0.15) is 11.4 Å². The van der Waals surface area contributed by atoms with Crippen molar-refractivity contribution in [2.45, 2.75) is 10.6 Å². The van der Waals surface area contributed by atoms with E-state index < -0.39 is 0 Å². The van der Waals surface area contributed by atoms with Gasteiger partial charge in [-0.25, -0.2) is 0 Å². The van der Waals surface area contributed by atoms with Gasteiger partial charge in [-0.15, -0.1) is 11.8 Å². The van der Waals surface area contributed by atoms with Gasteiger partial charge in [-0.1, -0.05) is 16.8 Å². The first-order valence-corrected chi connectivity index (χ1v) is 7.48. The summed E-state index contributed by atoms with van der Waals surface area (Å²) in [6, 6.07) is 7.60. The second-order valence-corrected chi connectivity index (χ2v) is 5.81. The van der Waals surface area contributed by atoms with E-state index in [9.17, 15) is 0 Å². The van der Waals surface area contributed by atoms with Crippen molar-refractivity contribution in [2.75, 3.05) is 5.73 Å². The topological polar surface area (TPSA) is 82.8 Å². The Bertz CT molecular complexity index is 752. The minimum Gasteiger partial charge on any atom is -0.383 e. The molecular weight excluding hydrogens is 310 g/mol. The van der Waals surface area contributed by atoms with Crippen molar-refractivity contribution in [1.29, 1.82) is 0 Å². The number of nitrogens with two attached hydrogens (primary N) is 1. The summed E-state index contributed by atoms with van der Waals surface area (Å²) in [6.45, 7) is 0. The lowest BCUT2D eigenvalue weighted by molar-refractivity contribution is 0.425. The van der Waals surface area contributed by atoms with Crippen molar-refractivity contribution in [1.82, 2.24) is 19.9 Å². The molecule has 0 fully saturated rings. The van der Waals surface area contributed by atoms with Gasteiger partial charge in [0.15, 0.2) is 5.82 Å². The molecule has 0 aliphatic carbocycles. The first kappa shape index (κ1) is 14.0. The summed E-state index contributed by atoms with van der Waals surface area (Å²) in [5.74, 6) is 2.08. The summed E-state index contributed by atoms with van der Waals surface area (Å²) in [5, 5.41) is 8.72. The highest BCUT2D eigenvalue weighted by molar-refractivity contribution is 7.98. The third-order valence-corrected chi connectivity index (χ3v) is 4.12. The van der Waals surface area contributed by atoms with E-state index in [1.54, 1.807) is 29.7 Å². The molecule has 8 heteroatoms. The minimum absolute atomic E-state index is 0.382. The third-order valence-electron chi connectivity index (χ3n) is 2.86. The van der Waals surface area contributed by atoms with Crippen LogP contribution in [0, 0.1) is 0 Å². The molecule has 2 heterocycles. The predicted molar refractivity (Wildman–Crippen MR) is 81.9 cm³/mol. The lowest BCUT2D eigenvalue weighted by Crippen LogP contribution is -1.98. The third kappa shape index (κ3) is 3.03. The van der Waals surface area contributed by atoms with Gasteiger partial charge in [0.05, 0.1) is 11.9 Å². The van der Waals surface area contributed by atoms with Crippen LogP contribution >= 0.6 is 23.4 Å². The van der Waals surface area contributed by atoms with Crippen LogP contribution in [0.25, 0.3) is 11.5 Å². The molecule has 2 aromatic heterocycles. The Kier molecular flexibility index (Phi) is 3.85. The molecule has 2 N–H and O–H groups in total. The van der Waals surface area contributed by atoms with Crippen LogP contribution in [0.1, 0.15) is 5.82 Å². The van der Waals surface area contributed by atoms with Crippen LogP contribution in [-0.4, -0.2) is 19.9 Å². The van der Waals surface area contributed by atoms with E-state index in [-0.39, 0.29) is 0 Å². The number of nitrogens with zero attached hydrogens (tertiary/aromatic N) is 4. The lowest BCUT2D eigenvalue weighted by atomic mass is 10.3. The van der Waals surface area contributed by atoms with Crippen LogP contribution in [0.15, 0.2) is 39.9 Å². The number of aryl methyl sites for hydroxylation is 1. The molecular formula is C13H12ClN5OS. The minimum atomic E-state index is 0.382. The first-order chi connectivity index (χ1) is 10.1. The zero-order valence-electron chi connectivity index (χ0n) is 11.2. The summed E-state index contributed by atoms with van der Waals surface area (Å²) < 4.78 is 6.78. The second kappa shape index (κ2) is 5.79. The van der Waals surface area contributed by atoms with E-state index in [4.69, 9.17) is 21.9 Å². The highest BCUT2D eigenvalue weighted by Crippen LogP contribution is 2.26. The average Bonchev–Trinajstić information content (AvgIpc) is 3.07. The molecule has 0 bridgehead atoms. The average molecular weight is 322 g/mol. The number of thioether (sulfide) groups is 1. The Labute approximate surface area is 130 Å². The van der Waals surface area contributed by atoms with E-state index in [1.807, 2.05) is 24.3 Å². The van der Waals surface area contributed by atoms with Crippen molar-refractivity contribution in [2.24, 2.45) is 7.05 Å². The van der Waals surface area contributed by atoms with Gasteiger partial charge in [-0.2, -0.15) is 10.1 Å². The fourth-order valence-electron chi connectivity index (χ4n) is 1.71. The second-order valence-electron chi connectivity index (χ2n) is 4.33. The molecule has 3 rings (SSSR count). The van der Waals surface area contributed by atoms with Crippen molar-refractivity contribution in [3.8, 4) is 11.5 Å². The van der Waals surface area contributed by atoms with Crippen LogP contribution < -0.4 is 5.73 Å². The molecule has 0 aliphatic heterocycles. The number of rotatable bonds is 4. The number of nitrogen functional groups attached to an aromatic ring is 1. The number of hydrogen-bond acceptors (Lipinski definition) is 6. The maximum absolute atomic E-state index is 5.88. The van der Waals surface area contributed by atoms with Crippen LogP contribution in [0.3, 0.4) is 0 Å². The van der Waals surface area contributed by atoms with Crippen LogP contribution in [0.2, 0.25) is 5.02 Å². The van der Waals surface area contributed by atoms with Gasteiger partial charge in [0.2, 0.25) is 0 Å². The Hall–Kier alpha value is -1.99. The number of hydrogen-bond donors (Lipinski definition) is 1. The zero-order valence-corrected chi connectivity index (χ0v) is 12.7. The largest absolute Gasteiger partial charge is 0.383 e. The molecule has 0 saturated carbocycles. The van der Waals surface area contributed by atoms with Crippen molar-refractivity contribution < 1.29 is 4.52 Å². The van der Waals surface area contributed by atoms with E-state index in [0.717, 1.165) is 4.90 Å². The van der Waals surface area contributed by atoms with E-state index in [0.29, 0.717) is 33.9 Å². The summed E-state index contributed by atoms with van der Waals surface area (Å²) in [4.78, 5) is 5.42. The molecule has 1 aromatic carbocycles. The fourth-order valence-corrected chi connectivity index (χ4v) is 2.58. The monoisotopic (exact) mass is 321 g/mol. The molecule has 0 saturated heterocycles.